The minimum absolute atomic E-state index is 0.0972. The van der Waals surface area contributed by atoms with Crippen molar-refractivity contribution in [2.45, 2.75) is 6.54 Å². The molecule has 0 aliphatic rings. The largest absolute Gasteiger partial charge is 0.495 e. The zero-order chi connectivity index (χ0) is 10.6. The number of methoxy groups -OCH3 is 1. The SMILES string of the molecule is COc1cc(Cl)c(CNCO)cc1Cl. The maximum Gasteiger partial charge on any atom is 0.138 e. The van der Waals surface area contributed by atoms with Crippen LogP contribution in [0.25, 0.3) is 0 Å². The second kappa shape index (κ2) is 5.41. The van der Waals surface area contributed by atoms with Crippen LogP contribution in [0.3, 0.4) is 0 Å². The molecule has 0 aliphatic carbocycles. The highest BCUT2D eigenvalue weighted by Gasteiger charge is 2.06. The monoisotopic (exact) mass is 235 g/mol. The number of nitrogens with one attached hydrogen (secondary N) is 1. The van der Waals surface area contributed by atoms with E-state index in [1.54, 1.807) is 12.1 Å². The van der Waals surface area contributed by atoms with Gasteiger partial charge in [0.15, 0.2) is 0 Å². The van der Waals surface area contributed by atoms with Crippen LogP contribution in [0.5, 0.6) is 5.75 Å². The molecule has 14 heavy (non-hydrogen) atoms. The summed E-state index contributed by atoms with van der Waals surface area (Å²) in [5.74, 6) is 0.546. The summed E-state index contributed by atoms with van der Waals surface area (Å²) in [7, 11) is 1.53. The van der Waals surface area contributed by atoms with Crippen molar-refractivity contribution < 1.29 is 9.84 Å². The van der Waals surface area contributed by atoms with Crippen molar-refractivity contribution in [1.82, 2.24) is 5.32 Å². The van der Waals surface area contributed by atoms with Crippen LogP contribution in [0, 0.1) is 0 Å². The number of ether oxygens (including phenoxy) is 1. The zero-order valence-electron chi connectivity index (χ0n) is 7.68. The van der Waals surface area contributed by atoms with Crippen LogP contribution in [-0.2, 0) is 6.54 Å². The van der Waals surface area contributed by atoms with Gasteiger partial charge in [0.05, 0.1) is 18.9 Å². The summed E-state index contributed by atoms with van der Waals surface area (Å²) < 4.78 is 5.00. The molecule has 0 radical (unpaired) electrons. The van der Waals surface area contributed by atoms with E-state index >= 15 is 0 Å². The highest BCUT2D eigenvalue weighted by Crippen LogP contribution is 2.30. The average Bonchev–Trinajstić information content (AvgIpc) is 2.18. The molecule has 0 heterocycles. The number of benzene rings is 1. The summed E-state index contributed by atoms with van der Waals surface area (Å²) in [5.41, 5.74) is 0.825. The summed E-state index contributed by atoms with van der Waals surface area (Å²) in [6, 6.07) is 3.36. The van der Waals surface area contributed by atoms with Crippen LogP contribution in [-0.4, -0.2) is 18.9 Å². The molecular formula is C9H11Cl2NO2. The Bertz CT molecular complexity index is 318. The normalized spacial score (nSPS) is 10.3. The average molecular weight is 236 g/mol. The van der Waals surface area contributed by atoms with Crippen LogP contribution in [0.2, 0.25) is 10.0 Å². The van der Waals surface area contributed by atoms with Gasteiger partial charge in [-0.2, -0.15) is 0 Å². The molecule has 0 spiro atoms. The molecule has 0 unspecified atom stereocenters. The summed E-state index contributed by atoms with van der Waals surface area (Å²) in [6.45, 7) is 0.374. The van der Waals surface area contributed by atoms with Crippen LogP contribution >= 0.6 is 23.2 Å². The quantitative estimate of drug-likeness (QED) is 0.786. The Hall–Kier alpha value is -0.480. The molecule has 0 saturated carbocycles. The molecule has 3 nitrogen and oxygen atoms in total. The predicted octanol–water partition coefficient (Wildman–Crippen LogP) is 2.04. The van der Waals surface area contributed by atoms with E-state index in [0.29, 0.717) is 22.3 Å². The molecule has 1 aromatic rings. The summed E-state index contributed by atoms with van der Waals surface area (Å²) in [4.78, 5) is 0. The Labute approximate surface area is 92.6 Å². The Kier molecular flexibility index (Phi) is 4.48. The first-order valence-corrected chi connectivity index (χ1v) is 4.78. The molecule has 78 valence electrons. The maximum atomic E-state index is 8.58. The summed E-state index contributed by atoms with van der Waals surface area (Å²) in [5, 5.41) is 12.4. The molecule has 0 fully saturated rings. The highest BCUT2D eigenvalue weighted by atomic mass is 35.5. The van der Waals surface area contributed by atoms with Crippen molar-refractivity contribution >= 4 is 23.2 Å². The fourth-order valence-electron chi connectivity index (χ4n) is 1.05. The molecule has 0 amide bonds. The van der Waals surface area contributed by atoms with Crippen LogP contribution < -0.4 is 10.1 Å². The van der Waals surface area contributed by atoms with Gasteiger partial charge < -0.3 is 9.84 Å². The number of hydrogen-bond acceptors (Lipinski definition) is 3. The minimum Gasteiger partial charge on any atom is -0.495 e. The number of aliphatic hydroxyl groups excluding tert-OH is 1. The van der Waals surface area contributed by atoms with E-state index < -0.39 is 0 Å². The van der Waals surface area contributed by atoms with Gasteiger partial charge in [0.25, 0.3) is 0 Å². The predicted molar refractivity (Wildman–Crippen MR) is 56.9 cm³/mol. The second-order valence-corrected chi connectivity index (χ2v) is 3.48. The van der Waals surface area contributed by atoms with Gasteiger partial charge in [0.2, 0.25) is 0 Å². The summed E-state index contributed by atoms with van der Waals surface area (Å²) in [6.07, 6.45) is 0. The van der Waals surface area contributed by atoms with Gasteiger partial charge in [-0.25, -0.2) is 0 Å². The first-order chi connectivity index (χ1) is 6.69. The van der Waals surface area contributed by atoms with Crippen LogP contribution in [0.1, 0.15) is 5.56 Å². The lowest BCUT2D eigenvalue weighted by molar-refractivity contribution is 0.259. The topological polar surface area (TPSA) is 41.5 Å². The third-order valence-electron chi connectivity index (χ3n) is 1.75. The Morgan fingerprint density at radius 3 is 2.64 bits per heavy atom. The number of rotatable bonds is 4. The molecule has 0 aromatic heterocycles. The molecule has 0 atom stereocenters. The van der Waals surface area contributed by atoms with E-state index in [-0.39, 0.29) is 6.73 Å². The van der Waals surface area contributed by atoms with Gasteiger partial charge in [-0.1, -0.05) is 23.2 Å². The van der Waals surface area contributed by atoms with E-state index in [1.165, 1.54) is 7.11 Å². The van der Waals surface area contributed by atoms with E-state index in [2.05, 4.69) is 5.32 Å². The Morgan fingerprint density at radius 2 is 2.07 bits per heavy atom. The molecule has 5 heteroatoms. The number of hydrogen-bond donors (Lipinski definition) is 2. The van der Waals surface area contributed by atoms with E-state index in [4.69, 9.17) is 33.0 Å². The van der Waals surface area contributed by atoms with E-state index in [9.17, 15) is 0 Å². The third kappa shape index (κ3) is 2.75. The molecule has 2 N–H and O–H groups in total. The van der Waals surface area contributed by atoms with Gasteiger partial charge in [-0.15, -0.1) is 0 Å². The van der Waals surface area contributed by atoms with Crippen molar-refractivity contribution in [3.8, 4) is 5.75 Å². The van der Waals surface area contributed by atoms with Crippen molar-refractivity contribution in [2.24, 2.45) is 0 Å². The molecule has 1 aromatic carbocycles. The van der Waals surface area contributed by atoms with Gasteiger partial charge in [-0.05, 0) is 11.6 Å². The fraction of sp³-hybridized carbons (Fsp3) is 0.333. The van der Waals surface area contributed by atoms with Crippen molar-refractivity contribution in [1.29, 1.82) is 0 Å². The van der Waals surface area contributed by atoms with Crippen LogP contribution in [0.15, 0.2) is 12.1 Å². The molecule has 0 bridgehead atoms. The lowest BCUT2D eigenvalue weighted by Gasteiger charge is -2.08. The first kappa shape index (κ1) is 11.6. The lowest BCUT2D eigenvalue weighted by atomic mass is 10.2. The smallest absolute Gasteiger partial charge is 0.138 e. The first-order valence-electron chi connectivity index (χ1n) is 4.02. The van der Waals surface area contributed by atoms with Crippen molar-refractivity contribution in [2.75, 3.05) is 13.8 Å². The number of halogens is 2. The van der Waals surface area contributed by atoms with Crippen molar-refractivity contribution in [3.63, 3.8) is 0 Å². The Morgan fingerprint density at radius 1 is 1.36 bits per heavy atom. The van der Waals surface area contributed by atoms with Gasteiger partial charge in [0.1, 0.15) is 5.75 Å². The minimum atomic E-state index is -0.0972. The third-order valence-corrected chi connectivity index (χ3v) is 2.40. The molecule has 0 aliphatic heterocycles. The van der Waals surface area contributed by atoms with Gasteiger partial charge >= 0.3 is 0 Å². The van der Waals surface area contributed by atoms with E-state index in [1.807, 2.05) is 0 Å². The van der Waals surface area contributed by atoms with Crippen molar-refractivity contribution in [3.05, 3.63) is 27.7 Å². The second-order valence-electron chi connectivity index (χ2n) is 2.66. The standard InChI is InChI=1S/C9H11Cl2NO2/c1-14-9-3-7(10)6(2-8(9)11)4-12-5-13/h2-3,12-13H,4-5H2,1H3. The number of aliphatic hydroxyl groups is 1. The van der Waals surface area contributed by atoms with Gasteiger partial charge in [-0.3, -0.25) is 5.32 Å². The van der Waals surface area contributed by atoms with Crippen LogP contribution in [0.4, 0.5) is 0 Å². The zero-order valence-corrected chi connectivity index (χ0v) is 9.19. The molecule has 1 rings (SSSR count). The fourth-order valence-corrected chi connectivity index (χ4v) is 1.54. The summed E-state index contributed by atoms with van der Waals surface area (Å²) >= 11 is 11.9. The Balaban J connectivity index is 2.90. The van der Waals surface area contributed by atoms with Gasteiger partial charge in [0, 0.05) is 17.6 Å². The lowest BCUT2D eigenvalue weighted by Crippen LogP contribution is -2.14. The maximum absolute atomic E-state index is 8.58. The van der Waals surface area contributed by atoms with E-state index in [0.717, 1.165) is 5.56 Å². The highest BCUT2D eigenvalue weighted by molar-refractivity contribution is 6.34. The molecular weight excluding hydrogens is 225 g/mol. The molecule has 0 saturated heterocycles.